The monoisotopic (exact) mass is 603 g/mol. The molecule has 1 aliphatic heterocycles. The van der Waals surface area contributed by atoms with Crippen molar-refractivity contribution in [2.24, 2.45) is 5.10 Å². The van der Waals surface area contributed by atoms with Crippen molar-refractivity contribution < 1.29 is 23.9 Å². The smallest absolute Gasteiger partial charge is 0.269 e. The largest absolute Gasteiger partial charge is 0.487 e. The van der Waals surface area contributed by atoms with Gasteiger partial charge in [0.25, 0.3) is 5.69 Å². The Morgan fingerprint density at radius 3 is 2.37 bits per heavy atom. The first-order valence-corrected chi connectivity index (χ1v) is 12.0. The molecule has 9 nitrogen and oxygen atoms in total. The van der Waals surface area contributed by atoms with Crippen LogP contribution in [0.3, 0.4) is 0 Å². The number of halogens is 2. The molecule has 0 unspecified atom stereocenters. The van der Waals surface area contributed by atoms with Gasteiger partial charge in [-0.15, -0.1) is 0 Å². The van der Waals surface area contributed by atoms with Crippen molar-refractivity contribution in [3.05, 3.63) is 90.3 Å². The van der Waals surface area contributed by atoms with Crippen LogP contribution < -0.4 is 19.6 Å². The maximum atomic E-state index is 12.3. The molecule has 180 valence electrons. The first-order chi connectivity index (χ1) is 16.9. The molecule has 3 aromatic carbocycles. The van der Waals surface area contributed by atoms with Gasteiger partial charge < -0.3 is 14.2 Å². The second-order valence-corrected chi connectivity index (χ2v) is 9.18. The fourth-order valence-electron chi connectivity index (χ4n) is 3.26. The first-order valence-electron chi connectivity index (χ1n) is 10.4. The number of nitrogens with zero attached hydrogens (tertiary/aromatic N) is 2. The Bertz CT molecular complexity index is 1260. The van der Waals surface area contributed by atoms with Gasteiger partial charge in [-0.05, 0) is 84.9 Å². The van der Waals surface area contributed by atoms with Crippen LogP contribution in [-0.2, 0) is 17.8 Å². The number of rotatable bonds is 8. The summed E-state index contributed by atoms with van der Waals surface area (Å²) in [6, 6.07) is 15.2. The molecule has 0 radical (unpaired) electrons. The summed E-state index contributed by atoms with van der Waals surface area (Å²) in [6.07, 6.45) is 1.67. The molecule has 0 spiro atoms. The summed E-state index contributed by atoms with van der Waals surface area (Å²) < 4.78 is 18.2. The lowest BCUT2D eigenvalue weighted by Crippen LogP contribution is -2.20. The van der Waals surface area contributed by atoms with Crippen molar-refractivity contribution in [2.75, 3.05) is 13.2 Å². The van der Waals surface area contributed by atoms with Gasteiger partial charge in [-0.2, -0.15) is 5.10 Å². The average Bonchev–Trinajstić information content (AvgIpc) is 2.83. The number of carbonyl (C=O) groups excluding carboxylic acids is 1. The maximum absolute atomic E-state index is 12.3. The van der Waals surface area contributed by atoms with E-state index in [-0.39, 0.29) is 24.6 Å². The minimum absolute atomic E-state index is 0.0261. The zero-order chi connectivity index (χ0) is 24.8. The molecule has 3 aromatic rings. The summed E-state index contributed by atoms with van der Waals surface area (Å²) in [7, 11) is 0. The molecule has 0 saturated carbocycles. The Kier molecular flexibility index (Phi) is 7.98. The van der Waals surface area contributed by atoms with Gasteiger partial charge >= 0.3 is 0 Å². The summed E-state index contributed by atoms with van der Waals surface area (Å²) in [6.45, 7) is 1.23. The molecule has 0 aromatic heterocycles. The van der Waals surface area contributed by atoms with E-state index >= 15 is 0 Å². The highest BCUT2D eigenvalue weighted by molar-refractivity contribution is 9.11. The number of ether oxygens (including phenoxy) is 3. The summed E-state index contributed by atoms with van der Waals surface area (Å²) in [4.78, 5) is 22.6. The number of non-ortho nitro benzene ring substituents is 1. The lowest BCUT2D eigenvalue weighted by molar-refractivity contribution is -0.384. The number of nitrogens with one attached hydrogen (secondary N) is 1. The number of hydrogen-bond donors (Lipinski definition) is 1. The van der Waals surface area contributed by atoms with E-state index in [0.29, 0.717) is 39.4 Å². The zero-order valence-corrected chi connectivity index (χ0v) is 21.4. The Labute approximate surface area is 217 Å². The lowest BCUT2D eigenvalue weighted by atomic mass is 10.1. The van der Waals surface area contributed by atoms with E-state index < -0.39 is 4.92 Å². The molecule has 4 rings (SSSR count). The molecule has 1 heterocycles. The number of benzene rings is 3. The number of hydrogen-bond acceptors (Lipinski definition) is 7. The van der Waals surface area contributed by atoms with Crippen molar-refractivity contribution in [1.29, 1.82) is 0 Å². The third kappa shape index (κ3) is 6.58. The second-order valence-electron chi connectivity index (χ2n) is 7.47. The number of nitro groups is 1. The fraction of sp³-hybridized carbons (Fsp3) is 0.167. The topological polar surface area (TPSA) is 112 Å². The van der Waals surface area contributed by atoms with Gasteiger partial charge in [-0.1, -0.05) is 6.07 Å². The van der Waals surface area contributed by atoms with Crippen molar-refractivity contribution >= 4 is 49.7 Å². The predicted octanol–water partition coefficient (Wildman–Crippen LogP) is 5.16. The Balaban J connectivity index is 1.32. The van der Waals surface area contributed by atoms with E-state index in [1.807, 2.05) is 6.07 Å². The molecule has 0 aliphatic carbocycles. The number of carbonyl (C=O) groups is 1. The molecule has 0 fully saturated rings. The summed E-state index contributed by atoms with van der Waals surface area (Å²) >= 11 is 6.96. The molecule has 11 heteroatoms. The highest BCUT2D eigenvalue weighted by atomic mass is 79.9. The van der Waals surface area contributed by atoms with Crippen molar-refractivity contribution in [2.45, 2.75) is 13.0 Å². The highest BCUT2D eigenvalue weighted by Gasteiger charge is 2.13. The molecule has 1 amide bonds. The summed E-state index contributed by atoms with van der Waals surface area (Å²) in [5.74, 6) is 1.62. The van der Waals surface area contributed by atoms with Gasteiger partial charge in [-0.3, -0.25) is 14.9 Å². The second kappa shape index (κ2) is 11.3. The third-order valence-electron chi connectivity index (χ3n) is 4.93. The predicted molar refractivity (Wildman–Crippen MR) is 136 cm³/mol. The van der Waals surface area contributed by atoms with Gasteiger partial charge in [0, 0.05) is 12.1 Å². The van der Waals surface area contributed by atoms with Crippen LogP contribution in [0.5, 0.6) is 17.2 Å². The van der Waals surface area contributed by atoms with E-state index in [1.54, 1.807) is 36.4 Å². The van der Waals surface area contributed by atoms with Gasteiger partial charge in [0.1, 0.15) is 25.6 Å². The molecule has 1 N–H and O–H groups in total. The third-order valence-corrected chi connectivity index (χ3v) is 6.10. The number of amides is 1. The van der Waals surface area contributed by atoms with E-state index in [4.69, 9.17) is 14.2 Å². The van der Waals surface area contributed by atoms with E-state index in [9.17, 15) is 14.9 Å². The van der Waals surface area contributed by atoms with Gasteiger partial charge in [0.2, 0.25) is 5.91 Å². The number of fused-ring (bicyclic) bond motifs is 1. The zero-order valence-electron chi connectivity index (χ0n) is 18.2. The lowest BCUT2D eigenvalue weighted by Gasteiger charge is -2.18. The van der Waals surface area contributed by atoms with E-state index in [2.05, 4.69) is 42.4 Å². The maximum Gasteiger partial charge on any atom is 0.269 e. The minimum Gasteiger partial charge on any atom is -0.487 e. The van der Waals surface area contributed by atoms with Crippen LogP contribution >= 0.6 is 31.9 Å². The Morgan fingerprint density at radius 2 is 1.69 bits per heavy atom. The quantitative estimate of drug-likeness (QED) is 0.216. The fourth-order valence-corrected chi connectivity index (χ4v) is 4.71. The average molecular weight is 605 g/mol. The Hall–Kier alpha value is -3.44. The van der Waals surface area contributed by atoms with Crippen molar-refractivity contribution in [1.82, 2.24) is 5.43 Å². The SMILES string of the molecule is O=C(Cc1ccc2c(c1)OCCO2)N/N=C/c1cc(Br)c(OCc2ccc([N+](=O)[O-])cc2)c(Br)c1. The standard InChI is InChI=1S/C24H19Br2N3O6/c25-19-9-17(10-20(26)24(19)35-14-15-1-4-18(5-2-15)29(31)32)13-27-28-23(30)12-16-3-6-21-22(11-16)34-8-7-33-21/h1-6,9-11,13H,7-8,12,14H2,(H,28,30)/b27-13+. The molecule has 0 bridgehead atoms. The van der Waals surface area contributed by atoms with Crippen molar-refractivity contribution in [3.8, 4) is 17.2 Å². The molecule has 0 saturated heterocycles. The van der Waals surface area contributed by atoms with Crippen LogP contribution in [0.15, 0.2) is 68.6 Å². The minimum atomic E-state index is -0.446. The van der Waals surface area contributed by atoms with Crippen LogP contribution in [0.4, 0.5) is 5.69 Å². The summed E-state index contributed by atoms with van der Waals surface area (Å²) in [5.41, 5.74) is 4.86. The molecular weight excluding hydrogens is 586 g/mol. The number of nitro benzene ring substituents is 1. The van der Waals surface area contributed by atoms with Crippen LogP contribution in [0.1, 0.15) is 16.7 Å². The van der Waals surface area contributed by atoms with E-state index in [0.717, 1.165) is 16.7 Å². The van der Waals surface area contributed by atoms with Gasteiger partial charge in [0.15, 0.2) is 11.5 Å². The van der Waals surface area contributed by atoms with Crippen LogP contribution in [0.25, 0.3) is 0 Å². The van der Waals surface area contributed by atoms with Crippen LogP contribution in [-0.4, -0.2) is 30.3 Å². The number of hydrazone groups is 1. The first kappa shape index (κ1) is 24.7. The van der Waals surface area contributed by atoms with Crippen LogP contribution in [0.2, 0.25) is 0 Å². The van der Waals surface area contributed by atoms with Crippen molar-refractivity contribution in [3.63, 3.8) is 0 Å². The summed E-state index contributed by atoms with van der Waals surface area (Å²) in [5, 5.41) is 14.8. The highest BCUT2D eigenvalue weighted by Crippen LogP contribution is 2.35. The van der Waals surface area contributed by atoms with Gasteiger partial charge in [0.05, 0.1) is 26.5 Å². The molecule has 35 heavy (non-hydrogen) atoms. The van der Waals surface area contributed by atoms with E-state index in [1.165, 1.54) is 18.3 Å². The molecule has 0 atom stereocenters. The van der Waals surface area contributed by atoms with Gasteiger partial charge in [-0.25, -0.2) is 5.43 Å². The Morgan fingerprint density at radius 1 is 1.03 bits per heavy atom. The van der Waals surface area contributed by atoms with Crippen LogP contribution in [0, 0.1) is 10.1 Å². The molecule has 1 aliphatic rings. The molecular formula is C24H19Br2N3O6. The normalized spacial score (nSPS) is 12.4.